The number of fused-ring (bicyclic) bond motifs is 11. The number of thiophene rings is 1. The minimum absolute atomic E-state index is 0.657. The third kappa shape index (κ3) is 5.11. The highest BCUT2D eigenvalue weighted by atomic mass is 32.1. The van der Waals surface area contributed by atoms with E-state index in [1.165, 1.54) is 54.3 Å². The van der Waals surface area contributed by atoms with Gasteiger partial charge in [-0.15, -0.1) is 11.3 Å². The third-order valence-corrected chi connectivity index (χ3v) is 13.4. The number of benzene rings is 9. The Morgan fingerprint density at radius 1 is 0.377 bits per heavy atom. The maximum Gasteiger partial charge on any atom is 0.235 e. The van der Waals surface area contributed by atoms with E-state index in [1.54, 1.807) is 11.3 Å². The number of aromatic nitrogens is 4. The number of hydrogen-bond acceptors (Lipinski definition) is 3. The molecule has 0 spiro atoms. The fourth-order valence-corrected chi connectivity index (χ4v) is 10.7. The zero-order valence-electron chi connectivity index (χ0n) is 32.8. The average molecular weight is 795 g/mol. The largest absolute Gasteiger partial charge is 0.309 e. The lowest BCUT2D eigenvalue weighted by Crippen LogP contribution is -2.03. The van der Waals surface area contributed by atoms with Crippen LogP contribution in [0.4, 0.5) is 0 Å². The molecular formula is C56H34N4S. The molecule has 0 saturated carbocycles. The molecule has 61 heavy (non-hydrogen) atoms. The molecule has 0 N–H and O–H groups in total. The van der Waals surface area contributed by atoms with Gasteiger partial charge in [-0.3, -0.25) is 4.57 Å². The molecule has 5 heteroatoms. The molecule has 0 aliphatic rings. The van der Waals surface area contributed by atoms with E-state index in [4.69, 9.17) is 9.97 Å². The zero-order chi connectivity index (χ0) is 40.0. The van der Waals surface area contributed by atoms with Crippen LogP contribution in [0, 0.1) is 0 Å². The van der Waals surface area contributed by atoms with E-state index < -0.39 is 0 Å². The first-order valence-electron chi connectivity index (χ1n) is 20.7. The van der Waals surface area contributed by atoms with Gasteiger partial charge in [0.1, 0.15) is 0 Å². The minimum Gasteiger partial charge on any atom is -0.309 e. The first-order chi connectivity index (χ1) is 30.3. The summed E-state index contributed by atoms with van der Waals surface area (Å²) in [5.41, 5.74) is 13.3. The van der Waals surface area contributed by atoms with Crippen molar-refractivity contribution in [3.8, 4) is 45.1 Å². The second kappa shape index (κ2) is 13.3. The maximum absolute atomic E-state index is 5.50. The molecular weight excluding hydrogens is 761 g/mol. The second-order valence-corrected chi connectivity index (χ2v) is 16.6. The van der Waals surface area contributed by atoms with Crippen molar-refractivity contribution in [1.82, 2.24) is 19.1 Å². The van der Waals surface area contributed by atoms with Crippen LogP contribution in [0.3, 0.4) is 0 Å². The van der Waals surface area contributed by atoms with Crippen molar-refractivity contribution in [2.45, 2.75) is 0 Å². The summed E-state index contributed by atoms with van der Waals surface area (Å²) in [4.78, 5) is 11.0. The van der Waals surface area contributed by atoms with Crippen molar-refractivity contribution >= 4 is 86.7 Å². The first-order valence-corrected chi connectivity index (χ1v) is 21.5. The van der Waals surface area contributed by atoms with Gasteiger partial charge in [0.25, 0.3) is 0 Å². The summed E-state index contributed by atoms with van der Waals surface area (Å²) in [7, 11) is 0. The van der Waals surface area contributed by atoms with Crippen LogP contribution in [0.2, 0.25) is 0 Å². The van der Waals surface area contributed by atoms with E-state index in [-0.39, 0.29) is 0 Å². The number of nitrogens with zero attached hydrogens (tertiary/aromatic N) is 4. The molecule has 0 fully saturated rings. The molecule has 13 aromatic rings. The number of para-hydroxylation sites is 1. The second-order valence-electron chi connectivity index (χ2n) is 15.7. The molecule has 0 amide bonds. The van der Waals surface area contributed by atoms with Gasteiger partial charge in [-0.1, -0.05) is 158 Å². The predicted octanol–water partition coefficient (Wildman–Crippen LogP) is 15.2. The maximum atomic E-state index is 5.50. The molecule has 0 saturated heterocycles. The Labute approximate surface area is 354 Å². The zero-order valence-corrected chi connectivity index (χ0v) is 33.6. The fourth-order valence-electron chi connectivity index (χ4n) is 9.72. The molecule has 284 valence electrons. The van der Waals surface area contributed by atoms with Crippen LogP contribution in [0.15, 0.2) is 206 Å². The van der Waals surface area contributed by atoms with Gasteiger partial charge in [0.15, 0.2) is 0 Å². The molecule has 9 aromatic carbocycles. The Bertz CT molecular complexity index is 3860. The van der Waals surface area contributed by atoms with Gasteiger partial charge < -0.3 is 4.57 Å². The standard InChI is InChI=1S/C56H34N4S/c1-4-15-35(16-5-1)45-34-61-55-53(38-19-6-2-7-20-38)57-56(58-54(45)55)60-46-30-29-39(33-44(46)50-41-23-12-10-17-36(41)27-31-48(50)60)43-25-14-26-47-52(43)51-42-24-13-11-18-37(42)28-32-49(51)59(47)40-21-8-3-9-22-40/h1-34H. The van der Waals surface area contributed by atoms with Crippen LogP contribution >= 0.6 is 11.3 Å². The van der Waals surface area contributed by atoms with Crippen molar-refractivity contribution in [1.29, 1.82) is 0 Å². The van der Waals surface area contributed by atoms with E-state index in [0.29, 0.717) is 5.95 Å². The Morgan fingerprint density at radius 3 is 1.72 bits per heavy atom. The summed E-state index contributed by atoms with van der Waals surface area (Å²) in [6, 6.07) is 72.1. The topological polar surface area (TPSA) is 35.6 Å². The third-order valence-electron chi connectivity index (χ3n) is 12.4. The quantitative estimate of drug-likeness (QED) is 0.174. The smallest absolute Gasteiger partial charge is 0.235 e. The van der Waals surface area contributed by atoms with Crippen molar-refractivity contribution in [2.75, 3.05) is 0 Å². The molecule has 0 aliphatic heterocycles. The summed E-state index contributed by atoms with van der Waals surface area (Å²) in [5.74, 6) is 0.657. The summed E-state index contributed by atoms with van der Waals surface area (Å²) in [6.07, 6.45) is 0. The van der Waals surface area contributed by atoms with Crippen LogP contribution in [-0.4, -0.2) is 19.1 Å². The monoisotopic (exact) mass is 794 g/mol. The van der Waals surface area contributed by atoms with E-state index in [0.717, 1.165) is 60.3 Å². The molecule has 4 aromatic heterocycles. The normalized spacial score (nSPS) is 11.9. The highest BCUT2D eigenvalue weighted by Crippen LogP contribution is 2.45. The molecule has 13 rings (SSSR count). The highest BCUT2D eigenvalue weighted by molar-refractivity contribution is 7.18. The summed E-state index contributed by atoms with van der Waals surface area (Å²) >= 11 is 1.71. The molecule has 0 aliphatic carbocycles. The lowest BCUT2D eigenvalue weighted by atomic mass is 9.95. The number of rotatable bonds is 5. The molecule has 4 heterocycles. The lowest BCUT2D eigenvalue weighted by molar-refractivity contribution is 1.02. The Balaban J connectivity index is 1.13. The van der Waals surface area contributed by atoms with Gasteiger partial charge in [0, 0.05) is 43.7 Å². The molecule has 0 bridgehead atoms. The Kier molecular flexibility index (Phi) is 7.44. The van der Waals surface area contributed by atoms with Crippen molar-refractivity contribution in [3.63, 3.8) is 0 Å². The molecule has 0 atom stereocenters. The van der Waals surface area contributed by atoms with Gasteiger partial charge in [-0.2, -0.15) is 0 Å². The van der Waals surface area contributed by atoms with Gasteiger partial charge in [-0.05, 0) is 80.7 Å². The summed E-state index contributed by atoms with van der Waals surface area (Å²) < 4.78 is 5.79. The van der Waals surface area contributed by atoms with Gasteiger partial charge in [0.2, 0.25) is 5.95 Å². The molecule has 4 nitrogen and oxygen atoms in total. The lowest BCUT2D eigenvalue weighted by Gasteiger charge is -2.11. The van der Waals surface area contributed by atoms with Crippen molar-refractivity contribution in [3.05, 3.63) is 206 Å². The van der Waals surface area contributed by atoms with Crippen LogP contribution in [0.1, 0.15) is 0 Å². The van der Waals surface area contributed by atoms with Crippen LogP contribution in [-0.2, 0) is 0 Å². The van der Waals surface area contributed by atoms with Crippen molar-refractivity contribution in [2.24, 2.45) is 0 Å². The summed E-state index contributed by atoms with van der Waals surface area (Å²) in [6.45, 7) is 0. The average Bonchev–Trinajstić information content (AvgIpc) is 4.02. The van der Waals surface area contributed by atoms with Crippen LogP contribution < -0.4 is 0 Å². The predicted molar refractivity (Wildman–Crippen MR) is 257 cm³/mol. The van der Waals surface area contributed by atoms with Crippen molar-refractivity contribution < 1.29 is 0 Å². The van der Waals surface area contributed by atoms with Crippen LogP contribution in [0.5, 0.6) is 0 Å². The molecule has 0 unspecified atom stereocenters. The van der Waals surface area contributed by atoms with E-state index in [2.05, 4.69) is 215 Å². The van der Waals surface area contributed by atoms with Crippen LogP contribution in [0.25, 0.3) is 121 Å². The molecule has 0 radical (unpaired) electrons. The SMILES string of the molecule is c1ccc(-c2csc3c(-c4ccccc4)nc(-n4c5ccc(-c6cccc7c6c6c8ccccc8ccc6n7-c6ccccc6)cc5c5c6ccccc6ccc54)nc23)cc1. The first kappa shape index (κ1) is 34.0. The Hall–Kier alpha value is -7.86. The summed E-state index contributed by atoms with van der Waals surface area (Å²) in [5, 5.41) is 12.0. The fraction of sp³-hybridized carbons (Fsp3) is 0. The Morgan fingerprint density at radius 2 is 0.984 bits per heavy atom. The van der Waals surface area contributed by atoms with Gasteiger partial charge >= 0.3 is 0 Å². The minimum atomic E-state index is 0.657. The van der Waals surface area contributed by atoms with Gasteiger partial charge in [0.05, 0.1) is 38.0 Å². The van der Waals surface area contributed by atoms with E-state index >= 15 is 0 Å². The highest BCUT2D eigenvalue weighted by Gasteiger charge is 2.23. The van der Waals surface area contributed by atoms with E-state index in [1.807, 2.05) is 0 Å². The van der Waals surface area contributed by atoms with E-state index in [9.17, 15) is 0 Å². The number of hydrogen-bond donors (Lipinski definition) is 0. The van der Waals surface area contributed by atoms with Gasteiger partial charge in [-0.25, -0.2) is 9.97 Å².